The van der Waals surface area contributed by atoms with E-state index in [1.54, 1.807) is 41.8 Å². The second-order valence-corrected chi connectivity index (χ2v) is 9.89. The van der Waals surface area contributed by atoms with E-state index in [0.717, 1.165) is 17.6 Å². The molecule has 1 aromatic heterocycles. The summed E-state index contributed by atoms with van der Waals surface area (Å²) in [4.78, 5) is 25.6. The van der Waals surface area contributed by atoms with Gasteiger partial charge in [-0.25, -0.2) is 8.42 Å². The van der Waals surface area contributed by atoms with Gasteiger partial charge in [-0.05, 0) is 50.2 Å². The number of para-hydroxylation sites is 2. The van der Waals surface area contributed by atoms with Crippen LogP contribution in [0.15, 0.2) is 60.0 Å². The van der Waals surface area contributed by atoms with E-state index in [0.29, 0.717) is 33.3 Å². The first-order chi connectivity index (χ1) is 15.1. The Labute approximate surface area is 190 Å². The Bertz CT molecular complexity index is 1240. The van der Waals surface area contributed by atoms with Crippen LogP contribution in [-0.2, 0) is 10.0 Å². The number of amides is 2. The van der Waals surface area contributed by atoms with Crippen LogP contribution < -0.4 is 20.1 Å². The minimum Gasteiger partial charge on any atom is -0.489 e. The van der Waals surface area contributed by atoms with Crippen molar-refractivity contribution in [3.8, 4) is 5.75 Å². The monoisotopic (exact) mass is 473 g/mol. The summed E-state index contributed by atoms with van der Waals surface area (Å²) in [5.41, 5.74) is 1.63. The molecule has 0 unspecified atom stereocenters. The van der Waals surface area contributed by atoms with E-state index in [-0.39, 0.29) is 12.0 Å². The molecule has 0 aliphatic rings. The van der Waals surface area contributed by atoms with E-state index in [1.165, 1.54) is 12.1 Å². The van der Waals surface area contributed by atoms with Gasteiger partial charge in [-0.3, -0.25) is 14.3 Å². The van der Waals surface area contributed by atoms with E-state index in [4.69, 9.17) is 4.74 Å². The van der Waals surface area contributed by atoms with Crippen LogP contribution in [0.25, 0.3) is 0 Å². The SMILES string of the molecule is CC(C)Oc1ccccc1NC(=O)c1csc(C(=O)Nc2cccc(NS(C)(=O)=O)c2)c1. The summed E-state index contributed by atoms with van der Waals surface area (Å²) in [7, 11) is -3.43. The predicted octanol–water partition coefficient (Wildman–Crippen LogP) is 4.41. The zero-order chi connectivity index (χ0) is 23.3. The Balaban J connectivity index is 1.69. The Hall–Kier alpha value is -3.37. The fourth-order valence-electron chi connectivity index (χ4n) is 2.76. The third kappa shape index (κ3) is 6.56. The van der Waals surface area contributed by atoms with Crippen molar-refractivity contribution in [2.75, 3.05) is 21.6 Å². The quantitative estimate of drug-likeness (QED) is 0.448. The molecule has 0 atom stereocenters. The summed E-state index contributed by atoms with van der Waals surface area (Å²) < 4.78 is 30.8. The molecule has 2 aromatic carbocycles. The maximum Gasteiger partial charge on any atom is 0.265 e. The summed E-state index contributed by atoms with van der Waals surface area (Å²) in [6.07, 6.45) is 1.000. The summed E-state index contributed by atoms with van der Waals surface area (Å²) >= 11 is 1.13. The molecule has 0 saturated carbocycles. The maximum absolute atomic E-state index is 12.7. The molecule has 0 fully saturated rings. The normalized spacial score (nSPS) is 11.1. The molecule has 0 aliphatic heterocycles. The molecule has 0 radical (unpaired) electrons. The van der Waals surface area contributed by atoms with Crippen molar-refractivity contribution in [3.05, 3.63) is 70.4 Å². The van der Waals surface area contributed by atoms with Gasteiger partial charge < -0.3 is 15.4 Å². The zero-order valence-electron chi connectivity index (χ0n) is 17.7. The number of ether oxygens (including phenoxy) is 1. The topological polar surface area (TPSA) is 114 Å². The maximum atomic E-state index is 12.7. The Morgan fingerprint density at radius 3 is 2.38 bits per heavy atom. The van der Waals surface area contributed by atoms with E-state index in [2.05, 4.69) is 15.4 Å². The second-order valence-electron chi connectivity index (χ2n) is 7.23. The number of anilines is 3. The minimum atomic E-state index is -3.43. The largest absolute Gasteiger partial charge is 0.489 e. The van der Waals surface area contributed by atoms with Crippen molar-refractivity contribution in [3.63, 3.8) is 0 Å². The van der Waals surface area contributed by atoms with Crippen molar-refractivity contribution in [2.45, 2.75) is 20.0 Å². The average Bonchev–Trinajstić information content (AvgIpc) is 3.18. The van der Waals surface area contributed by atoms with Crippen LogP contribution >= 0.6 is 11.3 Å². The van der Waals surface area contributed by atoms with Crippen LogP contribution in [0.2, 0.25) is 0 Å². The molecular weight excluding hydrogens is 450 g/mol. The molecule has 3 N–H and O–H groups in total. The lowest BCUT2D eigenvalue weighted by Gasteiger charge is -2.14. The van der Waals surface area contributed by atoms with Gasteiger partial charge in [-0.1, -0.05) is 18.2 Å². The lowest BCUT2D eigenvalue weighted by Crippen LogP contribution is -2.14. The lowest BCUT2D eigenvalue weighted by atomic mass is 10.2. The fourth-order valence-corrected chi connectivity index (χ4v) is 4.10. The molecule has 10 heteroatoms. The molecule has 0 bridgehead atoms. The fraction of sp³-hybridized carbons (Fsp3) is 0.182. The number of carbonyl (C=O) groups excluding carboxylic acids is 2. The van der Waals surface area contributed by atoms with Gasteiger partial charge >= 0.3 is 0 Å². The first kappa shape index (κ1) is 23.3. The van der Waals surface area contributed by atoms with Crippen molar-refractivity contribution < 1.29 is 22.7 Å². The highest BCUT2D eigenvalue weighted by Gasteiger charge is 2.16. The number of benzene rings is 2. The van der Waals surface area contributed by atoms with Crippen LogP contribution in [0.4, 0.5) is 17.1 Å². The van der Waals surface area contributed by atoms with E-state index >= 15 is 0 Å². The summed E-state index contributed by atoms with van der Waals surface area (Å²) in [6, 6.07) is 15.0. The van der Waals surface area contributed by atoms with Gasteiger partial charge in [0.15, 0.2) is 0 Å². The molecule has 3 rings (SSSR count). The molecule has 3 aromatic rings. The summed E-state index contributed by atoms with van der Waals surface area (Å²) in [6.45, 7) is 3.80. The minimum absolute atomic E-state index is 0.0457. The van der Waals surface area contributed by atoms with Crippen LogP contribution in [0.1, 0.15) is 33.9 Å². The smallest absolute Gasteiger partial charge is 0.265 e. The molecule has 0 saturated heterocycles. The molecule has 2 amide bonds. The third-order valence-corrected chi connectivity index (χ3v) is 5.54. The molecular formula is C22H23N3O5S2. The number of sulfonamides is 1. The van der Waals surface area contributed by atoms with Crippen LogP contribution in [0, 0.1) is 0 Å². The Morgan fingerprint density at radius 1 is 0.938 bits per heavy atom. The van der Waals surface area contributed by atoms with Crippen LogP contribution in [0.5, 0.6) is 5.75 Å². The standard InChI is InChI=1S/C22H23N3O5S2/c1-14(2)30-19-10-5-4-9-18(19)24-21(26)15-11-20(31-13-15)22(27)23-16-7-6-8-17(12-16)25-32(3,28)29/h4-14,25H,1-3H3,(H,23,27)(H,24,26). The molecule has 0 aliphatic carbocycles. The molecule has 8 nitrogen and oxygen atoms in total. The molecule has 32 heavy (non-hydrogen) atoms. The zero-order valence-corrected chi connectivity index (χ0v) is 19.3. The van der Waals surface area contributed by atoms with Crippen molar-refractivity contribution in [2.24, 2.45) is 0 Å². The molecule has 0 spiro atoms. The van der Waals surface area contributed by atoms with Crippen molar-refractivity contribution >= 4 is 50.2 Å². The van der Waals surface area contributed by atoms with Gasteiger partial charge in [0.25, 0.3) is 11.8 Å². The lowest BCUT2D eigenvalue weighted by molar-refractivity contribution is 0.102. The van der Waals surface area contributed by atoms with Gasteiger partial charge in [0, 0.05) is 11.1 Å². The highest BCUT2D eigenvalue weighted by Crippen LogP contribution is 2.26. The number of hydrogen-bond acceptors (Lipinski definition) is 6. The highest BCUT2D eigenvalue weighted by molar-refractivity contribution is 7.92. The summed E-state index contributed by atoms with van der Waals surface area (Å²) in [5.74, 6) is -0.208. The number of thiophene rings is 1. The van der Waals surface area contributed by atoms with Crippen molar-refractivity contribution in [1.82, 2.24) is 0 Å². The first-order valence-corrected chi connectivity index (χ1v) is 12.4. The number of carbonyl (C=O) groups is 2. The van der Waals surface area contributed by atoms with Gasteiger partial charge in [-0.15, -0.1) is 11.3 Å². The second kappa shape index (κ2) is 9.84. The Kier molecular flexibility index (Phi) is 7.16. The highest BCUT2D eigenvalue weighted by atomic mass is 32.2. The number of nitrogens with one attached hydrogen (secondary N) is 3. The van der Waals surface area contributed by atoms with Gasteiger partial charge in [0.05, 0.1) is 34.2 Å². The van der Waals surface area contributed by atoms with Crippen LogP contribution in [0.3, 0.4) is 0 Å². The Morgan fingerprint density at radius 2 is 1.66 bits per heavy atom. The van der Waals surface area contributed by atoms with Crippen LogP contribution in [-0.4, -0.2) is 32.6 Å². The van der Waals surface area contributed by atoms with Gasteiger partial charge in [0.1, 0.15) is 5.75 Å². The molecule has 168 valence electrons. The van der Waals surface area contributed by atoms with E-state index in [9.17, 15) is 18.0 Å². The first-order valence-electron chi connectivity index (χ1n) is 9.65. The third-order valence-electron chi connectivity index (χ3n) is 4.01. The van der Waals surface area contributed by atoms with E-state index in [1.807, 2.05) is 19.9 Å². The number of hydrogen-bond donors (Lipinski definition) is 3. The molecule has 1 heterocycles. The number of rotatable bonds is 8. The average molecular weight is 474 g/mol. The van der Waals surface area contributed by atoms with Gasteiger partial charge in [0.2, 0.25) is 10.0 Å². The predicted molar refractivity (Wildman–Crippen MR) is 127 cm³/mol. The van der Waals surface area contributed by atoms with Crippen molar-refractivity contribution in [1.29, 1.82) is 0 Å². The van der Waals surface area contributed by atoms with Gasteiger partial charge in [-0.2, -0.15) is 0 Å². The summed E-state index contributed by atoms with van der Waals surface area (Å²) in [5, 5.41) is 7.11. The van der Waals surface area contributed by atoms with E-state index < -0.39 is 15.9 Å².